The summed E-state index contributed by atoms with van der Waals surface area (Å²) in [7, 11) is 1.61. The summed E-state index contributed by atoms with van der Waals surface area (Å²) in [5.41, 5.74) is 0. The van der Waals surface area contributed by atoms with Crippen LogP contribution in [0.15, 0.2) is 0 Å². The third kappa shape index (κ3) is 36.0. The molecule has 0 aliphatic rings. The molecule has 0 aromatic carbocycles. The quantitative estimate of drug-likeness (QED) is 0.634. The monoisotopic (exact) mass is 192 g/mol. The lowest BCUT2D eigenvalue weighted by Crippen LogP contribution is -1.95. The van der Waals surface area contributed by atoms with Crippen LogP contribution in [-0.2, 0) is 14.3 Å². The molecule has 0 saturated carbocycles. The molecule has 5 nitrogen and oxygen atoms in total. The first-order valence-electron chi connectivity index (χ1n) is 3.91. The fraction of sp³-hybridized carbons (Fsp3) is 0.750. The van der Waals surface area contributed by atoms with Crippen LogP contribution in [0.25, 0.3) is 0 Å². The Hall–Kier alpha value is -1.10. The zero-order chi connectivity index (χ0) is 10.7. The zero-order valence-corrected chi connectivity index (χ0v) is 7.95. The number of hydrogen-bond donors (Lipinski definition) is 2. The van der Waals surface area contributed by atoms with E-state index in [0.717, 1.165) is 13.3 Å². The molecule has 0 aromatic rings. The van der Waals surface area contributed by atoms with Crippen molar-refractivity contribution in [2.24, 2.45) is 0 Å². The van der Waals surface area contributed by atoms with Gasteiger partial charge in [-0.1, -0.05) is 0 Å². The molecule has 0 fully saturated rings. The molecular formula is C8H16O5. The zero-order valence-electron chi connectivity index (χ0n) is 7.95. The Bertz CT molecular complexity index is 139. The van der Waals surface area contributed by atoms with Crippen molar-refractivity contribution >= 4 is 11.9 Å². The van der Waals surface area contributed by atoms with Gasteiger partial charge in [-0.2, -0.15) is 0 Å². The van der Waals surface area contributed by atoms with E-state index in [1.165, 1.54) is 0 Å². The van der Waals surface area contributed by atoms with Crippen molar-refractivity contribution in [3.05, 3.63) is 0 Å². The van der Waals surface area contributed by atoms with E-state index in [0.29, 0.717) is 13.0 Å². The number of carbonyl (C=O) groups is 2. The number of unbranched alkanes of at least 4 members (excludes halogenated alkanes) is 1. The minimum absolute atomic E-state index is 0.253. The third-order valence-corrected chi connectivity index (χ3v) is 0.989. The lowest BCUT2D eigenvalue weighted by atomic mass is 10.2. The van der Waals surface area contributed by atoms with Crippen LogP contribution in [-0.4, -0.2) is 35.9 Å². The van der Waals surface area contributed by atoms with Gasteiger partial charge in [0.05, 0.1) is 0 Å². The van der Waals surface area contributed by atoms with Gasteiger partial charge in [0, 0.05) is 27.1 Å². The molecular weight excluding hydrogens is 176 g/mol. The van der Waals surface area contributed by atoms with Crippen molar-refractivity contribution in [3.63, 3.8) is 0 Å². The van der Waals surface area contributed by atoms with E-state index >= 15 is 0 Å². The van der Waals surface area contributed by atoms with E-state index in [9.17, 15) is 4.79 Å². The minimum atomic E-state index is -0.833. The first-order valence-corrected chi connectivity index (χ1v) is 3.91. The van der Waals surface area contributed by atoms with Crippen molar-refractivity contribution in [1.82, 2.24) is 0 Å². The molecule has 0 aliphatic heterocycles. The molecule has 0 radical (unpaired) electrons. The van der Waals surface area contributed by atoms with Crippen LogP contribution in [0.3, 0.4) is 0 Å². The topological polar surface area (TPSA) is 83.8 Å². The second-order valence-electron chi connectivity index (χ2n) is 2.36. The van der Waals surface area contributed by atoms with Crippen molar-refractivity contribution in [3.8, 4) is 0 Å². The molecule has 0 bridgehead atoms. The summed E-state index contributed by atoms with van der Waals surface area (Å²) in [5, 5.41) is 15.6. The van der Waals surface area contributed by atoms with E-state index in [-0.39, 0.29) is 6.42 Å². The van der Waals surface area contributed by atoms with Crippen LogP contribution in [0.2, 0.25) is 0 Å². The summed E-state index contributed by atoms with van der Waals surface area (Å²) in [5.74, 6) is -1.56. The maximum atomic E-state index is 9.92. The number of rotatable bonds is 5. The van der Waals surface area contributed by atoms with Gasteiger partial charge < -0.3 is 14.9 Å². The van der Waals surface area contributed by atoms with Gasteiger partial charge in [-0.05, 0) is 12.8 Å². The first kappa shape index (κ1) is 14.4. The van der Waals surface area contributed by atoms with Crippen molar-refractivity contribution in [2.75, 3.05) is 13.7 Å². The highest BCUT2D eigenvalue weighted by atomic mass is 16.5. The smallest absolute Gasteiger partial charge is 0.303 e. The molecule has 78 valence electrons. The molecule has 0 amide bonds. The Balaban J connectivity index is 0. The average Bonchev–Trinajstić information content (AvgIpc) is 1.97. The van der Waals surface area contributed by atoms with Crippen LogP contribution in [0.1, 0.15) is 26.2 Å². The van der Waals surface area contributed by atoms with Gasteiger partial charge in [0.25, 0.3) is 5.97 Å². The molecule has 0 rings (SSSR count). The van der Waals surface area contributed by atoms with Crippen LogP contribution < -0.4 is 0 Å². The summed E-state index contributed by atoms with van der Waals surface area (Å²) in [6.45, 7) is 1.74. The van der Waals surface area contributed by atoms with Gasteiger partial charge in [0.1, 0.15) is 0 Å². The summed E-state index contributed by atoms with van der Waals surface area (Å²) in [4.78, 5) is 18.9. The minimum Gasteiger partial charge on any atom is -0.481 e. The average molecular weight is 192 g/mol. The summed E-state index contributed by atoms with van der Waals surface area (Å²) < 4.78 is 4.73. The number of methoxy groups -OCH3 is 1. The molecule has 0 aromatic heterocycles. The lowest BCUT2D eigenvalue weighted by molar-refractivity contribution is -0.137. The molecule has 0 aliphatic carbocycles. The highest BCUT2D eigenvalue weighted by Crippen LogP contribution is 1.93. The van der Waals surface area contributed by atoms with Crippen molar-refractivity contribution in [2.45, 2.75) is 26.2 Å². The van der Waals surface area contributed by atoms with Crippen LogP contribution in [0, 0.1) is 0 Å². The molecule has 0 saturated heterocycles. The molecule has 2 N–H and O–H groups in total. The molecule has 0 spiro atoms. The second kappa shape index (κ2) is 10.9. The predicted octanol–water partition coefficient (Wildman–Crippen LogP) is 0.979. The van der Waals surface area contributed by atoms with E-state index in [1.807, 2.05) is 0 Å². The van der Waals surface area contributed by atoms with E-state index < -0.39 is 11.9 Å². The largest absolute Gasteiger partial charge is 0.481 e. The van der Waals surface area contributed by atoms with Gasteiger partial charge in [0.2, 0.25) is 0 Å². The Morgan fingerprint density at radius 2 is 1.69 bits per heavy atom. The highest BCUT2D eigenvalue weighted by Gasteiger charge is 1.94. The van der Waals surface area contributed by atoms with Crippen LogP contribution in [0.4, 0.5) is 0 Å². The number of carboxylic acid groups (broad SMARTS) is 2. The number of hydrogen-bond acceptors (Lipinski definition) is 3. The standard InChI is InChI=1S/C6H12O3.C2H4O2/c1-9-5-3-2-4-6(7)8;1-2(3)4/h2-5H2,1H3,(H,7,8);1H3,(H,3,4). The first-order chi connectivity index (χ1) is 6.00. The van der Waals surface area contributed by atoms with Gasteiger partial charge in [-0.3, -0.25) is 9.59 Å². The Morgan fingerprint density at radius 1 is 1.23 bits per heavy atom. The Labute approximate surface area is 77.3 Å². The molecule has 13 heavy (non-hydrogen) atoms. The summed E-state index contributed by atoms with van der Waals surface area (Å²) in [6.07, 6.45) is 1.80. The van der Waals surface area contributed by atoms with E-state index in [1.54, 1.807) is 7.11 Å². The molecule has 0 heterocycles. The van der Waals surface area contributed by atoms with Crippen molar-refractivity contribution < 1.29 is 24.5 Å². The third-order valence-electron chi connectivity index (χ3n) is 0.989. The van der Waals surface area contributed by atoms with Crippen LogP contribution >= 0.6 is 0 Å². The Kier molecular flexibility index (Phi) is 12.1. The maximum absolute atomic E-state index is 9.92. The van der Waals surface area contributed by atoms with E-state index in [4.69, 9.17) is 19.7 Å². The maximum Gasteiger partial charge on any atom is 0.303 e. The molecule has 0 atom stereocenters. The van der Waals surface area contributed by atoms with Crippen LogP contribution in [0.5, 0.6) is 0 Å². The van der Waals surface area contributed by atoms with Gasteiger partial charge >= 0.3 is 5.97 Å². The normalized spacial score (nSPS) is 8.46. The van der Waals surface area contributed by atoms with Gasteiger partial charge in [0.15, 0.2) is 0 Å². The van der Waals surface area contributed by atoms with Crippen molar-refractivity contribution in [1.29, 1.82) is 0 Å². The number of ether oxygens (including phenoxy) is 1. The molecule has 0 unspecified atom stereocenters. The Morgan fingerprint density at radius 3 is 2.00 bits per heavy atom. The van der Waals surface area contributed by atoms with E-state index in [2.05, 4.69) is 0 Å². The fourth-order valence-electron chi connectivity index (χ4n) is 0.523. The number of aliphatic carboxylic acids is 2. The van der Waals surface area contributed by atoms with Gasteiger partial charge in [-0.15, -0.1) is 0 Å². The SMILES string of the molecule is CC(=O)O.COCCCCC(=O)O. The summed E-state index contributed by atoms with van der Waals surface area (Å²) in [6, 6.07) is 0. The number of carboxylic acids is 2. The second-order valence-corrected chi connectivity index (χ2v) is 2.36. The van der Waals surface area contributed by atoms with Gasteiger partial charge in [-0.25, -0.2) is 0 Å². The lowest BCUT2D eigenvalue weighted by Gasteiger charge is -1.94. The highest BCUT2D eigenvalue weighted by molar-refractivity contribution is 5.66. The fourth-order valence-corrected chi connectivity index (χ4v) is 0.523. The predicted molar refractivity (Wildman–Crippen MR) is 46.7 cm³/mol. The summed E-state index contributed by atoms with van der Waals surface area (Å²) >= 11 is 0. The molecule has 5 heteroatoms.